The first-order valence-corrected chi connectivity index (χ1v) is 10.2. The smallest absolute Gasteiger partial charge is 0.261 e. The summed E-state index contributed by atoms with van der Waals surface area (Å²) in [6.07, 6.45) is 0. The lowest BCUT2D eigenvalue weighted by molar-refractivity contribution is 0.0709. The third-order valence-electron chi connectivity index (χ3n) is 4.41. The van der Waals surface area contributed by atoms with Gasteiger partial charge in [-0.2, -0.15) is 0 Å². The molecule has 1 amide bonds. The van der Waals surface area contributed by atoms with Crippen molar-refractivity contribution in [2.45, 2.75) is 17.9 Å². The topological polar surface area (TPSA) is 87.7 Å². The van der Waals surface area contributed by atoms with E-state index in [0.717, 1.165) is 6.54 Å². The molecule has 1 aliphatic heterocycles. The number of carbonyl (C=O) groups is 1. The molecule has 1 unspecified atom stereocenters. The Bertz CT molecular complexity index is 902. The predicted molar refractivity (Wildman–Crippen MR) is 111 cm³/mol. The highest BCUT2D eigenvalue weighted by molar-refractivity contribution is 7.92. The van der Waals surface area contributed by atoms with Crippen LogP contribution in [-0.2, 0) is 10.0 Å². The number of ether oxygens (including phenoxy) is 1. The zero-order valence-electron chi connectivity index (χ0n) is 15.7. The first kappa shape index (κ1) is 22.0. The van der Waals surface area contributed by atoms with Gasteiger partial charge < -0.3 is 15.0 Å². The second kappa shape index (κ2) is 9.27. The molecule has 3 rings (SSSR count). The number of hydrogen-bond acceptors (Lipinski definition) is 5. The van der Waals surface area contributed by atoms with Crippen LogP contribution in [0.15, 0.2) is 53.4 Å². The molecule has 0 aliphatic carbocycles. The van der Waals surface area contributed by atoms with Crippen molar-refractivity contribution in [3.05, 3.63) is 54.1 Å². The summed E-state index contributed by atoms with van der Waals surface area (Å²) in [6, 6.07) is 12.9. The van der Waals surface area contributed by atoms with Gasteiger partial charge >= 0.3 is 0 Å². The van der Waals surface area contributed by atoms with E-state index in [2.05, 4.69) is 10.0 Å². The predicted octanol–water partition coefficient (Wildman–Crippen LogP) is 2.35. The second-order valence-corrected chi connectivity index (χ2v) is 8.15. The zero-order valence-corrected chi connectivity index (χ0v) is 17.3. The van der Waals surface area contributed by atoms with Gasteiger partial charge in [0.2, 0.25) is 0 Å². The summed E-state index contributed by atoms with van der Waals surface area (Å²) in [4.78, 5) is 14.5. The van der Waals surface area contributed by atoms with Gasteiger partial charge in [-0.05, 0) is 55.5 Å². The molecule has 152 valence electrons. The van der Waals surface area contributed by atoms with Gasteiger partial charge in [0.05, 0.1) is 12.0 Å². The van der Waals surface area contributed by atoms with Crippen LogP contribution in [0.5, 0.6) is 5.75 Å². The van der Waals surface area contributed by atoms with Crippen molar-refractivity contribution in [3.8, 4) is 5.75 Å². The molecule has 0 radical (unpaired) electrons. The molecule has 9 heteroatoms. The standard InChI is InChI=1S/C19H23N3O4S.ClH/c1-14-13-22(12-11-20-14)19(23)15-3-9-18(10-4-15)27(24,25)21-16-5-7-17(26-2)8-6-16;/h3-10,14,20-21H,11-13H2,1-2H3;1H. The fraction of sp³-hybridized carbons (Fsp3) is 0.316. The summed E-state index contributed by atoms with van der Waals surface area (Å²) >= 11 is 0. The number of nitrogens with one attached hydrogen (secondary N) is 2. The third-order valence-corrected chi connectivity index (χ3v) is 5.81. The summed E-state index contributed by atoms with van der Waals surface area (Å²) in [7, 11) is -2.19. The van der Waals surface area contributed by atoms with Crippen molar-refractivity contribution in [1.29, 1.82) is 0 Å². The van der Waals surface area contributed by atoms with Crippen molar-refractivity contribution < 1.29 is 17.9 Å². The monoisotopic (exact) mass is 425 g/mol. The molecule has 1 fully saturated rings. The number of carbonyl (C=O) groups excluding carboxylic acids is 1. The van der Waals surface area contributed by atoms with E-state index in [1.165, 1.54) is 12.1 Å². The number of halogens is 1. The third kappa shape index (κ3) is 5.15. The Hall–Kier alpha value is -2.29. The molecule has 1 atom stereocenters. The molecular weight excluding hydrogens is 402 g/mol. The fourth-order valence-corrected chi connectivity index (χ4v) is 4.01. The number of nitrogens with zero attached hydrogens (tertiary/aromatic N) is 1. The van der Waals surface area contributed by atoms with Crippen LogP contribution in [0.3, 0.4) is 0 Å². The van der Waals surface area contributed by atoms with E-state index in [0.29, 0.717) is 30.1 Å². The molecule has 1 saturated heterocycles. The molecule has 0 saturated carbocycles. The number of benzene rings is 2. The number of sulfonamides is 1. The molecule has 7 nitrogen and oxygen atoms in total. The SMILES string of the molecule is COc1ccc(NS(=O)(=O)c2ccc(C(=O)N3CCNC(C)C3)cc2)cc1.Cl. The quantitative estimate of drug-likeness (QED) is 0.767. The molecule has 1 heterocycles. The zero-order chi connectivity index (χ0) is 19.4. The number of rotatable bonds is 5. The minimum atomic E-state index is -3.73. The first-order chi connectivity index (χ1) is 12.9. The number of amides is 1. The average Bonchev–Trinajstić information content (AvgIpc) is 2.68. The van der Waals surface area contributed by atoms with E-state index in [1.807, 2.05) is 6.92 Å². The maximum Gasteiger partial charge on any atom is 0.261 e. The summed E-state index contributed by atoms with van der Waals surface area (Å²) < 4.78 is 32.6. The molecule has 28 heavy (non-hydrogen) atoms. The highest BCUT2D eigenvalue weighted by atomic mass is 35.5. The van der Waals surface area contributed by atoms with Crippen LogP contribution in [0.2, 0.25) is 0 Å². The summed E-state index contributed by atoms with van der Waals surface area (Å²) in [5.41, 5.74) is 0.915. The maximum absolute atomic E-state index is 12.6. The lowest BCUT2D eigenvalue weighted by Gasteiger charge is -2.32. The molecule has 2 aromatic rings. The van der Waals surface area contributed by atoms with Crippen LogP contribution in [0, 0.1) is 0 Å². The number of hydrogen-bond donors (Lipinski definition) is 2. The van der Waals surface area contributed by atoms with Gasteiger partial charge in [0.15, 0.2) is 0 Å². The normalized spacial score (nSPS) is 16.8. The average molecular weight is 426 g/mol. The van der Waals surface area contributed by atoms with Gasteiger partial charge in [-0.1, -0.05) is 0 Å². The van der Waals surface area contributed by atoms with Gasteiger partial charge in [0.1, 0.15) is 5.75 Å². The lowest BCUT2D eigenvalue weighted by atomic mass is 10.1. The van der Waals surface area contributed by atoms with Gasteiger partial charge in [0.25, 0.3) is 15.9 Å². The van der Waals surface area contributed by atoms with Crippen LogP contribution < -0.4 is 14.8 Å². The Morgan fingerprint density at radius 3 is 2.36 bits per heavy atom. The Morgan fingerprint density at radius 2 is 1.79 bits per heavy atom. The summed E-state index contributed by atoms with van der Waals surface area (Å²) in [5, 5.41) is 3.29. The Kier molecular flexibility index (Phi) is 7.29. The second-order valence-electron chi connectivity index (χ2n) is 6.46. The number of anilines is 1. The van der Waals surface area contributed by atoms with E-state index in [9.17, 15) is 13.2 Å². The van der Waals surface area contributed by atoms with Crippen LogP contribution >= 0.6 is 12.4 Å². The minimum Gasteiger partial charge on any atom is -0.497 e. The van der Waals surface area contributed by atoms with Gasteiger partial charge in [-0.25, -0.2) is 8.42 Å². The van der Waals surface area contributed by atoms with E-state index in [-0.39, 0.29) is 29.3 Å². The minimum absolute atomic E-state index is 0. The first-order valence-electron chi connectivity index (χ1n) is 8.68. The number of piperazine rings is 1. The highest BCUT2D eigenvalue weighted by Crippen LogP contribution is 2.20. The van der Waals surface area contributed by atoms with Crippen molar-refractivity contribution in [1.82, 2.24) is 10.2 Å². The van der Waals surface area contributed by atoms with Gasteiger partial charge in [0, 0.05) is 36.9 Å². The van der Waals surface area contributed by atoms with E-state index < -0.39 is 10.0 Å². The van der Waals surface area contributed by atoms with E-state index >= 15 is 0 Å². The Labute approximate surface area is 171 Å². The molecule has 2 aromatic carbocycles. The lowest BCUT2D eigenvalue weighted by Crippen LogP contribution is -2.51. The fourth-order valence-electron chi connectivity index (χ4n) is 2.95. The highest BCUT2D eigenvalue weighted by Gasteiger charge is 2.22. The summed E-state index contributed by atoms with van der Waals surface area (Å²) in [5.74, 6) is 0.554. The van der Waals surface area contributed by atoms with Crippen molar-refractivity contribution >= 4 is 34.0 Å². The Balaban J connectivity index is 0.00000280. The molecular formula is C19H24ClN3O4S. The molecule has 1 aliphatic rings. The Morgan fingerprint density at radius 1 is 1.14 bits per heavy atom. The van der Waals surface area contributed by atoms with Gasteiger partial charge in [-0.15, -0.1) is 12.4 Å². The molecule has 0 spiro atoms. The van der Waals surface area contributed by atoms with E-state index in [1.54, 1.807) is 48.4 Å². The molecule has 0 bridgehead atoms. The number of methoxy groups -OCH3 is 1. The van der Waals surface area contributed by atoms with E-state index in [4.69, 9.17) is 4.74 Å². The van der Waals surface area contributed by atoms with Crippen LogP contribution in [-0.4, -0.2) is 52.0 Å². The largest absolute Gasteiger partial charge is 0.497 e. The summed E-state index contributed by atoms with van der Waals surface area (Å²) in [6.45, 7) is 4.06. The molecule has 2 N–H and O–H groups in total. The van der Waals surface area contributed by atoms with Crippen molar-refractivity contribution in [2.75, 3.05) is 31.5 Å². The van der Waals surface area contributed by atoms with Crippen LogP contribution in [0.4, 0.5) is 5.69 Å². The van der Waals surface area contributed by atoms with Crippen LogP contribution in [0.1, 0.15) is 17.3 Å². The van der Waals surface area contributed by atoms with Crippen molar-refractivity contribution in [2.24, 2.45) is 0 Å². The van der Waals surface area contributed by atoms with Gasteiger partial charge in [-0.3, -0.25) is 9.52 Å². The molecule has 0 aromatic heterocycles. The maximum atomic E-state index is 12.6. The van der Waals surface area contributed by atoms with Crippen LogP contribution in [0.25, 0.3) is 0 Å². The van der Waals surface area contributed by atoms with Crippen molar-refractivity contribution in [3.63, 3.8) is 0 Å².